The van der Waals surface area contributed by atoms with Crippen molar-refractivity contribution in [2.45, 2.75) is 36.2 Å². The molecule has 0 bridgehead atoms. The predicted octanol–water partition coefficient (Wildman–Crippen LogP) is 2.89. The molecule has 6 nitrogen and oxygen atoms in total. The summed E-state index contributed by atoms with van der Waals surface area (Å²) in [6.45, 7) is 1.85. The minimum atomic E-state index is -0.271. The van der Waals surface area contributed by atoms with E-state index in [2.05, 4.69) is 36.8 Å². The minimum absolute atomic E-state index is 0.0663. The summed E-state index contributed by atoms with van der Waals surface area (Å²) in [4.78, 5) is 12.2. The van der Waals surface area contributed by atoms with Crippen LogP contribution in [0.25, 0.3) is 0 Å². The van der Waals surface area contributed by atoms with Gasteiger partial charge in [-0.3, -0.25) is 4.79 Å². The molecule has 110 valence electrons. The summed E-state index contributed by atoms with van der Waals surface area (Å²) in [6.07, 6.45) is 2.22. The van der Waals surface area contributed by atoms with Gasteiger partial charge in [0.05, 0.1) is 11.3 Å². The molecule has 1 atom stereocenters. The van der Waals surface area contributed by atoms with E-state index in [1.54, 1.807) is 0 Å². The van der Waals surface area contributed by atoms with Gasteiger partial charge in [-0.2, -0.15) is 0 Å². The molecule has 1 aromatic heterocycles. The Labute approximate surface area is 134 Å². The van der Waals surface area contributed by atoms with Gasteiger partial charge < -0.3 is 5.32 Å². The number of thioether (sulfide) groups is 1. The SMILES string of the molecule is CC(Sc1nnnn1C1CC1)C(=O)Nc1cccc(Br)c1. The van der Waals surface area contributed by atoms with Gasteiger partial charge in [0.1, 0.15) is 0 Å². The Hall–Kier alpha value is -1.41. The quantitative estimate of drug-likeness (QED) is 0.822. The summed E-state index contributed by atoms with van der Waals surface area (Å²) < 4.78 is 2.74. The number of nitrogens with zero attached hydrogens (tertiary/aromatic N) is 4. The number of benzene rings is 1. The smallest absolute Gasteiger partial charge is 0.237 e. The van der Waals surface area contributed by atoms with Gasteiger partial charge in [-0.1, -0.05) is 33.8 Å². The normalized spacial score (nSPS) is 15.7. The zero-order chi connectivity index (χ0) is 14.8. The molecule has 1 N–H and O–H groups in total. The Kier molecular flexibility index (Phi) is 4.25. The fourth-order valence-electron chi connectivity index (χ4n) is 1.83. The van der Waals surface area contributed by atoms with Gasteiger partial charge in [-0.25, -0.2) is 4.68 Å². The molecule has 21 heavy (non-hydrogen) atoms. The van der Waals surface area contributed by atoms with Crippen LogP contribution in [0.3, 0.4) is 0 Å². The predicted molar refractivity (Wildman–Crippen MR) is 84.2 cm³/mol. The number of anilines is 1. The zero-order valence-corrected chi connectivity index (χ0v) is 13.8. The standard InChI is InChI=1S/C13H14BrN5OS/c1-8(12(20)15-10-4-2-3-9(14)7-10)21-13-16-17-18-19(13)11-5-6-11/h2-4,7-8,11H,5-6H2,1H3,(H,15,20). The number of halogens is 1. The number of amides is 1. The van der Waals surface area contributed by atoms with Crippen LogP contribution in [0, 0.1) is 0 Å². The van der Waals surface area contributed by atoms with Crippen molar-refractivity contribution < 1.29 is 4.79 Å². The van der Waals surface area contributed by atoms with Crippen LogP contribution in [-0.4, -0.2) is 31.4 Å². The van der Waals surface area contributed by atoms with Crippen molar-refractivity contribution in [3.63, 3.8) is 0 Å². The van der Waals surface area contributed by atoms with E-state index in [-0.39, 0.29) is 11.2 Å². The number of nitrogens with one attached hydrogen (secondary N) is 1. The molecule has 2 aromatic rings. The van der Waals surface area contributed by atoms with Crippen LogP contribution in [0.2, 0.25) is 0 Å². The van der Waals surface area contributed by atoms with E-state index in [1.807, 2.05) is 35.9 Å². The Bertz CT molecular complexity index is 658. The summed E-state index contributed by atoms with van der Waals surface area (Å²) in [5, 5.41) is 15.0. The van der Waals surface area contributed by atoms with E-state index in [0.29, 0.717) is 11.2 Å². The number of carbonyl (C=O) groups excluding carboxylic acids is 1. The van der Waals surface area contributed by atoms with Crippen LogP contribution in [0.1, 0.15) is 25.8 Å². The van der Waals surface area contributed by atoms with Crippen LogP contribution in [-0.2, 0) is 4.79 Å². The van der Waals surface area contributed by atoms with Gasteiger partial charge in [0, 0.05) is 10.2 Å². The molecule has 8 heteroatoms. The third kappa shape index (κ3) is 3.62. The van der Waals surface area contributed by atoms with Crippen LogP contribution < -0.4 is 5.32 Å². The summed E-state index contributed by atoms with van der Waals surface area (Å²) in [5.74, 6) is -0.0663. The van der Waals surface area contributed by atoms with Gasteiger partial charge >= 0.3 is 0 Å². The third-order valence-electron chi connectivity index (χ3n) is 3.10. The zero-order valence-electron chi connectivity index (χ0n) is 11.4. The second-order valence-corrected chi connectivity index (χ2v) is 7.12. The molecule has 1 saturated carbocycles. The Morgan fingerprint density at radius 3 is 3.05 bits per heavy atom. The highest BCUT2D eigenvalue weighted by Crippen LogP contribution is 2.37. The lowest BCUT2D eigenvalue weighted by Crippen LogP contribution is -2.23. The van der Waals surface area contributed by atoms with Crippen molar-refractivity contribution in [1.82, 2.24) is 20.2 Å². The van der Waals surface area contributed by atoms with E-state index >= 15 is 0 Å². The fourth-order valence-corrected chi connectivity index (χ4v) is 3.09. The second-order valence-electron chi connectivity index (χ2n) is 4.90. The minimum Gasteiger partial charge on any atom is -0.325 e. The summed E-state index contributed by atoms with van der Waals surface area (Å²) >= 11 is 4.76. The van der Waals surface area contributed by atoms with E-state index in [0.717, 1.165) is 23.0 Å². The number of carbonyl (C=O) groups is 1. The summed E-state index contributed by atoms with van der Waals surface area (Å²) in [7, 11) is 0. The van der Waals surface area contributed by atoms with Crippen LogP contribution in [0.5, 0.6) is 0 Å². The van der Waals surface area contributed by atoms with Crippen LogP contribution in [0.15, 0.2) is 33.9 Å². The van der Waals surface area contributed by atoms with Gasteiger partial charge in [0.2, 0.25) is 11.1 Å². The molecule has 1 aliphatic rings. The Morgan fingerprint density at radius 2 is 2.33 bits per heavy atom. The molecule has 1 amide bonds. The number of hydrogen-bond donors (Lipinski definition) is 1. The van der Waals surface area contributed by atoms with Crippen LogP contribution >= 0.6 is 27.7 Å². The van der Waals surface area contributed by atoms with Gasteiger partial charge in [-0.05, 0) is 48.4 Å². The van der Waals surface area contributed by atoms with E-state index in [9.17, 15) is 4.79 Å². The van der Waals surface area contributed by atoms with Gasteiger partial charge in [0.25, 0.3) is 0 Å². The maximum absolute atomic E-state index is 12.2. The second kappa shape index (κ2) is 6.15. The van der Waals surface area contributed by atoms with Crippen molar-refractivity contribution in [3.05, 3.63) is 28.7 Å². The van der Waals surface area contributed by atoms with Crippen molar-refractivity contribution in [2.75, 3.05) is 5.32 Å². The highest BCUT2D eigenvalue weighted by molar-refractivity contribution is 9.10. The monoisotopic (exact) mass is 367 g/mol. The Morgan fingerprint density at radius 1 is 1.52 bits per heavy atom. The highest BCUT2D eigenvalue weighted by atomic mass is 79.9. The van der Waals surface area contributed by atoms with E-state index < -0.39 is 0 Å². The molecule has 1 unspecified atom stereocenters. The molecule has 0 saturated heterocycles. The number of aromatic nitrogens is 4. The topological polar surface area (TPSA) is 72.7 Å². The number of rotatable bonds is 5. The van der Waals surface area contributed by atoms with Gasteiger partial charge in [-0.15, -0.1) is 5.10 Å². The maximum Gasteiger partial charge on any atom is 0.237 e. The van der Waals surface area contributed by atoms with E-state index in [4.69, 9.17) is 0 Å². The first-order valence-corrected chi connectivity index (χ1v) is 8.31. The average Bonchev–Trinajstić information content (AvgIpc) is 3.19. The van der Waals surface area contributed by atoms with Crippen molar-refractivity contribution in [1.29, 1.82) is 0 Å². The average molecular weight is 368 g/mol. The molecule has 3 rings (SSSR count). The lowest BCUT2D eigenvalue weighted by atomic mass is 10.3. The molecule has 0 radical (unpaired) electrons. The van der Waals surface area contributed by atoms with Gasteiger partial charge in [0.15, 0.2) is 0 Å². The molecule has 0 spiro atoms. The first kappa shape index (κ1) is 14.5. The van der Waals surface area contributed by atoms with Crippen molar-refractivity contribution in [2.24, 2.45) is 0 Å². The Balaban J connectivity index is 1.63. The molecular weight excluding hydrogens is 354 g/mol. The number of tetrazole rings is 1. The van der Waals surface area contributed by atoms with Crippen molar-refractivity contribution >= 4 is 39.3 Å². The van der Waals surface area contributed by atoms with E-state index in [1.165, 1.54) is 11.8 Å². The molecular formula is C13H14BrN5OS. The molecule has 1 heterocycles. The maximum atomic E-state index is 12.2. The molecule has 1 aromatic carbocycles. The lowest BCUT2D eigenvalue weighted by Gasteiger charge is -2.11. The summed E-state index contributed by atoms with van der Waals surface area (Å²) in [5.41, 5.74) is 0.767. The highest BCUT2D eigenvalue weighted by Gasteiger charge is 2.29. The molecule has 0 aliphatic heterocycles. The largest absolute Gasteiger partial charge is 0.325 e. The third-order valence-corrected chi connectivity index (χ3v) is 4.64. The van der Waals surface area contributed by atoms with Crippen LogP contribution in [0.4, 0.5) is 5.69 Å². The van der Waals surface area contributed by atoms with Crippen molar-refractivity contribution in [3.8, 4) is 0 Å². The first-order valence-electron chi connectivity index (χ1n) is 6.64. The molecule has 1 aliphatic carbocycles. The lowest BCUT2D eigenvalue weighted by molar-refractivity contribution is -0.115. The molecule has 1 fully saturated rings. The number of hydrogen-bond acceptors (Lipinski definition) is 5. The fraction of sp³-hybridized carbons (Fsp3) is 0.385. The first-order chi connectivity index (χ1) is 10.1. The summed E-state index contributed by atoms with van der Waals surface area (Å²) in [6, 6.07) is 7.92.